The summed E-state index contributed by atoms with van der Waals surface area (Å²) >= 11 is 0. The Morgan fingerprint density at radius 2 is 2.25 bits per heavy atom. The first kappa shape index (κ1) is 10.9. The fourth-order valence-electron chi connectivity index (χ4n) is 1.93. The van der Waals surface area contributed by atoms with Crippen molar-refractivity contribution in [3.8, 4) is 0 Å². The van der Waals surface area contributed by atoms with E-state index in [2.05, 4.69) is 22.4 Å². The van der Waals surface area contributed by atoms with Crippen molar-refractivity contribution in [3.05, 3.63) is 35.9 Å². The molecule has 0 amide bonds. The van der Waals surface area contributed by atoms with Crippen molar-refractivity contribution in [2.75, 3.05) is 7.05 Å². The molecule has 1 atom stereocenters. The number of hydrogen-bond acceptors (Lipinski definition) is 3. The molecule has 0 saturated heterocycles. The SMILES string of the molecule is CCn1nccc1C(NC)c1cnn(C)c1. The number of hydrogen-bond donors (Lipinski definition) is 1. The summed E-state index contributed by atoms with van der Waals surface area (Å²) in [5, 5.41) is 11.8. The monoisotopic (exact) mass is 219 g/mol. The minimum absolute atomic E-state index is 0.149. The Kier molecular flexibility index (Phi) is 3.05. The summed E-state index contributed by atoms with van der Waals surface area (Å²) in [5.74, 6) is 0. The van der Waals surface area contributed by atoms with Gasteiger partial charge >= 0.3 is 0 Å². The third-order valence-corrected chi connectivity index (χ3v) is 2.69. The van der Waals surface area contributed by atoms with Crippen LogP contribution in [-0.2, 0) is 13.6 Å². The Bertz CT molecular complexity index is 456. The van der Waals surface area contributed by atoms with Gasteiger partial charge in [0.2, 0.25) is 0 Å². The molecule has 16 heavy (non-hydrogen) atoms. The van der Waals surface area contributed by atoms with E-state index in [1.165, 1.54) is 0 Å². The summed E-state index contributed by atoms with van der Waals surface area (Å²) in [6.07, 6.45) is 5.74. The number of rotatable bonds is 4. The maximum Gasteiger partial charge on any atom is 0.0776 e. The van der Waals surface area contributed by atoms with Crippen molar-refractivity contribution in [1.82, 2.24) is 24.9 Å². The van der Waals surface area contributed by atoms with E-state index in [9.17, 15) is 0 Å². The fraction of sp³-hybridized carbons (Fsp3) is 0.455. The number of aromatic nitrogens is 4. The van der Waals surface area contributed by atoms with Gasteiger partial charge in [0.25, 0.3) is 0 Å². The zero-order valence-corrected chi connectivity index (χ0v) is 9.88. The van der Waals surface area contributed by atoms with Gasteiger partial charge in [-0.2, -0.15) is 10.2 Å². The molecule has 2 aromatic heterocycles. The van der Waals surface area contributed by atoms with Crippen LogP contribution >= 0.6 is 0 Å². The van der Waals surface area contributed by atoms with Crippen LogP contribution in [0.1, 0.15) is 24.2 Å². The number of aryl methyl sites for hydroxylation is 2. The van der Waals surface area contributed by atoms with Gasteiger partial charge in [0.05, 0.1) is 17.9 Å². The molecule has 86 valence electrons. The Morgan fingerprint density at radius 1 is 1.44 bits per heavy atom. The molecule has 1 unspecified atom stereocenters. The average Bonchev–Trinajstić information content (AvgIpc) is 2.89. The summed E-state index contributed by atoms with van der Waals surface area (Å²) in [4.78, 5) is 0. The van der Waals surface area contributed by atoms with Gasteiger partial charge in [-0.3, -0.25) is 9.36 Å². The molecule has 0 radical (unpaired) electrons. The Balaban J connectivity index is 2.36. The molecule has 0 spiro atoms. The van der Waals surface area contributed by atoms with Crippen LogP contribution in [-0.4, -0.2) is 26.6 Å². The largest absolute Gasteiger partial charge is 0.308 e. The quantitative estimate of drug-likeness (QED) is 0.832. The van der Waals surface area contributed by atoms with E-state index in [0.29, 0.717) is 0 Å². The van der Waals surface area contributed by atoms with Gasteiger partial charge in [-0.25, -0.2) is 0 Å². The van der Waals surface area contributed by atoms with Gasteiger partial charge in [0.15, 0.2) is 0 Å². The summed E-state index contributed by atoms with van der Waals surface area (Å²) < 4.78 is 3.81. The molecule has 0 fully saturated rings. The van der Waals surface area contributed by atoms with Crippen LogP contribution < -0.4 is 5.32 Å². The van der Waals surface area contributed by atoms with Gasteiger partial charge in [-0.1, -0.05) is 0 Å². The number of nitrogens with zero attached hydrogens (tertiary/aromatic N) is 4. The van der Waals surface area contributed by atoms with E-state index in [1.807, 2.05) is 48.1 Å². The van der Waals surface area contributed by atoms with E-state index in [1.54, 1.807) is 0 Å². The lowest BCUT2D eigenvalue weighted by Gasteiger charge is -2.15. The first-order chi connectivity index (χ1) is 7.76. The lowest BCUT2D eigenvalue weighted by Crippen LogP contribution is -2.21. The molecule has 5 nitrogen and oxygen atoms in total. The minimum atomic E-state index is 0.149. The van der Waals surface area contributed by atoms with E-state index < -0.39 is 0 Å². The smallest absolute Gasteiger partial charge is 0.0776 e. The second kappa shape index (κ2) is 4.49. The average molecular weight is 219 g/mol. The third kappa shape index (κ3) is 1.86. The Morgan fingerprint density at radius 3 is 2.81 bits per heavy atom. The molecular formula is C11H17N5. The van der Waals surface area contributed by atoms with Gasteiger partial charge in [-0.15, -0.1) is 0 Å². The molecule has 2 rings (SSSR count). The normalized spacial score (nSPS) is 12.9. The Labute approximate surface area is 95.1 Å². The highest BCUT2D eigenvalue weighted by molar-refractivity contribution is 5.23. The van der Waals surface area contributed by atoms with Crippen molar-refractivity contribution in [2.45, 2.75) is 19.5 Å². The van der Waals surface area contributed by atoms with E-state index >= 15 is 0 Å². The first-order valence-electron chi connectivity index (χ1n) is 5.43. The molecule has 2 heterocycles. The van der Waals surface area contributed by atoms with Crippen LogP contribution in [0.4, 0.5) is 0 Å². The predicted molar refractivity (Wildman–Crippen MR) is 62.0 cm³/mol. The molecule has 0 bridgehead atoms. The van der Waals surface area contributed by atoms with Gasteiger partial charge < -0.3 is 5.32 Å². The van der Waals surface area contributed by atoms with E-state index in [4.69, 9.17) is 0 Å². The molecule has 0 saturated carbocycles. The molecule has 0 aliphatic rings. The highest BCUT2D eigenvalue weighted by Crippen LogP contribution is 2.20. The summed E-state index contributed by atoms with van der Waals surface area (Å²) in [5.41, 5.74) is 2.32. The number of nitrogens with one attached hydrogen (secondary N) is 1. The Hall–Kier alpha value is -1.62. The molecule has 2 aromatic rings. The van der Waals surface area contributed by atoms with Gasteiger partial charge in [-0.05, 0) is 20.0 Å². The second-order valence-corrected chi connectivity index (χ2v) is 3.74. The maximum absolute atomic E-state index is 4.29. The fourth-order valence-corrected chi connectivity index (χ4v) is 1.93. The zero-order valence-electron chi connectivity index (χ0n) is 9.88. The minimum Gasteiger partial charge on any atom is -0.308 e. The van der Waals surface area contributed by atoms with Crippen molar-refractivity contribution in [2.24, 2.45) is 7.05 Å². The molecule has 1 N–H and O–H groups in total. The summed E-state index contributed by atoms with van der Waals surface area (Å²) in [6.45, 7) is 2.97. The molecule has 5 heteroatoms. The van der Waals surface area contributed by atoms with Crippen LogP contribution in [0.15, 0.2) is 24.7 Å². The molecule has 0 aromatic carbocycles. The maximum atomic E-state index is 4.29. The molecule has 0 aliphatic carbocycles. The summed E-state index contributed by atoms with van der Waals surface area (Å²) in [7, 11) is 3.87. The molecule has 0 aliphatic heterocycles. The van der Waals surface area contributed by atoms with E-state index in [-0.39, 0.29) is 6.04 Å². The van der Waals surface area contributed by atoms with Crippen LogP contribution in [0.5, 0.6) is 0 Å². The molecular weight excluding hydrogens is 202 g/mol. The summed E-state index contributed by atoms with van der Waals surface area (Å²) in [6, 6.07) is 2.19. The first-order valence-corrected chi connectivity index (χ1v) is 5.43. The van der Waals surface area contributed by atoms with Crippen molar-refractivity contribution < 1.29 is 0 Å². The highest BCUT2D eigenvalue weighted by atomic mass is 15.3. The lowest BCUT2D eigenvalue weighted by molar-refractivity contribution is 0.563. The second-order valence-electron chi connectivity index (χ2n) is 3.74. The van der Waals surface area contributed by atoms with Gasteiger partial charge in [0, 0.05) is 31.5 Å². The highest BCUT2D eigenvalue weighted by Gasteiger charge is 2.17. The van der Waals surface area contributed by atoms with Crippen LogP contribution in [0.2, 0.25) is 0 Å². The predicted octanol–water partition coefficient (Wildman–Crippen LogP) is 0.945. The van der Waals surface area contributed by atoms with Crippen LogP contribution in [0.3, 0.4) is 0 Å². The van der Waals surface area contributed by atoms with Crippen molar-refractivity contribution in [1.29, 1.82) is 0 Å². The zero-order chi connectivity index (χ0) is 11.5. The van der Waals surface area contributed by atoms with E-state index in [0.717, 1.165) is 17.8 Å². The third-order valence-electron chi connectivity index (χ3n) is 2.69. The van der Waals surface area contributed by atoms with Crippen molar-refractivity contribution in [3.63, 3.8) is 0 Å². The van der Waals surface area contributed by atoms with Crippen LogP contribution in [0.25, 0.3) is 0 Å². The topological polar surface area (TPSA) is 47.7 Å². The lowest BCUT2D eigenvalue weighted by atomic mass is 10.1. The van der Waals surface area contributed by atoms with Gasteiger partial charge in [0.1, 0.15) is 0 Å². The van der Waals surface area contributed by atoms with Crippen LogP contribution in [0, 0.1) is 0 Å². The standard InChI is InChI=1S/C11H17N5/c1-4-16-10(5-6-13-16)11(12-2)9-7-14-15(3)8-9/h5-8,11-12H,4H2,1-3H3. The van der Waals surface area contributed by atoms with Crippen molar-refractivity contribution >= 4 is 0 Å².